The van der Waals surface area contributed by atoms with Crippen LogP contribution in [0.3, 0.4) is 0 Å². The van der Waals surface area contributed by atoms with Gasteiger partial charge in [-0.2, -0.15) is 0 Å². The summed E-state index contributed by atoms with van der Waals surface area (Å²) < 4.78 is 0. The van der Waals surface area contributed by atoms with Crippen molar-refractivity contribution in [3.8, 4) is 0 Å². The molecular formula is C10H21N3O2. The van der Waals surface area contributed by atoms with Gasteiger partial charge in [-0.05, 0) is 12.8 Å². The average molecular weight is 215 g/mol. The highest BCUT2D eigenvalue weighted by Crippen LogP contribution is 2.00. The van der Waals surface area contributed by atoms with Crippen molar-refractivity contribution in [2.24, 2.45) is 11.5 Å². The van der Waals surface area contributed by atoms with E-state index in [1.54, 1.807) is 0 Å². The Morgan fingerprint density at radius 1 is 1.33 bits per heavy atom. The van der Waals surface area contributed by atoms with Gasteiger partial charge >= 0.3 is 0 Å². The van der Waals surface area contributed by atoms with E-state index in [0.717, 1.165) is 12.8 Å². The number of nitrogens with zero attached hydrogens (tertiary/aromatic N) is 1. The van der Waals surface area contributed by atoms with E-state index in [9.17, 15) is 9.59 Å². The van der Waals surface area contributed by atoms with Crippen molar-refractivity contribution >= 4 is 11.8 Å². The fraction of sp³-hybridized carbons (Fsp3) is 0.800. The summed E-state index contributed by atoms with van der Waals surface area (Å²) in [6.45, 7) is 4.37. The summed E-state index contributed by atoms with van der Waals surface area (Å²) in [6.07, 6.45) is 2.39. The van der Waals surface area contributed by atoms with Crippen molar-refractivity contribution in [1.82, 2.24) is 4.90 Å². The molecule has 15 heavy (non-hydrogen) atoms. The molecule has 0 bridgehead atoms. The second kappa shape index (κ2) is 7.23. The molecule has 4 N–H and O–H groups in total. The zero-order chi connectivity index (χ0) is 11.8. The maximum atomic E-state index is 11.7. The van der Waals surface area contributed by atoms with Crippen molar-refractivity contribution in [3.05, 3.63) is 0 Å². The molecule has 5 nitrogen and oxygen atoms in total. The first-order valence-electron chi connectivity index (χ1n) is 5.35. The first-order valence-corrected chi connectivity index (χ1v) is 5.35. The topological polar surface area (TPSA) is 89.4 Å². The minimum atomic E-state index is -0.527. The molecule has 88 valence electrons. The van der Waals surface area contributed by atoms with Crippen LogP contribution in [0.15, 0.2) is 0 Å². The lowest BCUT2D eigenvalue weighted by Crippen LogP contribution is -2.47. The van der Waals surface area contributed by atoms with Crippen molar-refractivity contribution in [1.29, 1.82) is 0 Å². The summed E-state index contributed by atoms with van der Waals surface area (Å²) in [7, 11) is 0. The van der Waals surface area contributed by atoms with Crippen LogP contribution >= 0.6 is 0 Å². The second-order valence-electron chi connectivity index (χ2n) is 3.59. The third kappa shape index (κ3) is 5.37. The first kappa shape index (κ1) is 13.9. The van der Waals surface area contributed by atoms with Gasteiger partial charge in [0.1, 0.15) is 0 Å². The van der Waals surface area contributed by atoms with Gasteiger partial charge in [0.15, 0.2) is 0 Å². The molecule has 0 aliphatic rings. The molecule has 0 rings (SSSR count). The maximum absolute atomic E-state index is 11.7. The summed E-state index contributed by atoms with van der Waals surface area (Å²) in [4.78, 5) is 23.9. The second-order valence-corrected chi connectivity index (χ2v) is 3.59. The zero-order valence-electron chi connectivity index (χ0n) is 9.53. The smallest absolute Gasteiger partial charge is 0.239 e. The molecular weight excluding hydrogens is 194 g/mol. The Morgan fingerprint density at radius 3 is 2.33 bits per heavy atom. The van der Waals surface area contributed by atoms with Gasteiger partial charge in [0.25, 0.3) is 0 Å². The Morgan fingerprint density at radius 2 is 1.93 bits per heavy atom. The Hall–Kier alpha value is -1.10. The molecule has 0 aromatic heterocycles. The van der Waals surface area contributed by atoms with Gasteiger partial charge in [-0.3, -0.25) is 9.59 Å². The third-order valence-corrected chi connectivity index (χ3v) is 2.20. The highest BCUT2D eigenvalue weighted by molar-refractivity contribution is 5.86. The molecule has 0 saturated carbocycles. The Labute approximate surface area is 90.8 Å². The SMILES string of the molecule is CCCCN(CC(N)=O)C(=O)C(N)CC. The molecule has 0 aromatic carbocycles. The van der Waals surface area contributed by atoms with Crippen LogP contribution in [-0.2, 0) is 9.59 Å². The molecule has 0 aliphatic heterocycles. The zero-order valence-corrected chi connectivity index (χ0v) is 9.53. The van der Waals surface area contributed by atoms with Crippen molar-refractivity contribution < 1.29 is 9.59 Å². The fourth-order valence-corrected chi connectivity index (χ4v) is 1.21. The lowest BCUT2D eigenvalue weighted by atomic mass is 10.2. The summed E-state index contributed by atoms with van der Waals surface area (Å²) >= 11 is 0. The number of rotatable bonds is 7. The molecule has 0 fully saturated rings. The van der Waals surface area contributed by atoms with Crippen LogP contribution in [0, 0.1) is 0 Å². The van der Waals surface area contributed by atoms with E-state index in [4.69, 9.17) is 11.5 Å². The van der Waals surface area contributed by atoms with Crippen LogP contribution in [0.4, 0.5) is 0 Å². The molecule has 0 spiro atoms. The molecule has 0 saturated heterocycles. The van der Waals surface area contributed by atoms with Crippen LogP contribution in [0.1, 0.15) is 33.1 Å². The van der Waals surface area contributed by atoms with Crippen molar-refractivity contribution in [2.75, 3.05) is 13.1 Å². The number of carbonyl (C=O) groups excluding carboxylic acids is 2. The number of hydrogen-bond donors (Lipinski definition) is 2. The molecule has 0 heterocycles. The van der Waals surface area contributed by atoms with Gasteiger partial charge in [0.2, 0.25) is 11.8 Å². The van der Waals surface area contributed by atoms with Gasteiger partial charge in [-0.25, -0.2) is 0 Å². The highest BCUT2D eigenvalue weighted by Gasteiger charge is 2.20. The summed E-state index contributed by atoms with van der Waals surface area (Å²) in [5.41, 5.74) is 10.7. The Balaban J connectivity index is 4.32. The van der Waals surface area contributed by atoms with Crippen LogP contribution in [0.5, 0.6) is 0 Å². The maximum Gasteiger partial charge on any atom is 0.239 e. The summed E-state index contributed by atoms with van der Waals surface area (Å²) in [5.74, 6) is -0.687. The standard InChI is InChI=1S/C10H21N3O2/c1-3-5-6-13(7-9(12)14)10(15)8(11)4-2/h8H,3-7,11H2,1-2H3,(H2,12,14). The minimum absolute atomic E-state index is 0.0352. The molecule has 1 atom stereocenters. The van der Waals surface area contributed by atoms with E-state index in [2.05, 4.69) is 0 Å². The van der Waals surface area contributed by atoms with E-state index in [1.807, 2.05) is 13.8 Å². The lowest BCUT2D eigenvalue weighted by molar-refractivity contribution is -0.136. The number of nitrogens with two attached hydrogens (primary N) is 2. The first-order chi connectivity index (χ1) is 7.02. The predicted octanol–water partition coefficient (Wildman–Crippen LogP) is -0.162. The van der Waals surface area contributed by atoms with E-state index >= 15 is 0 Å². The van der Waals surface area contributed by atoms with Gasteiger partial charge in [0.05, 0.1) is 12.6 Å². The van der Waals surface area contributed by atoms with E-state index < -0.39 is 11.9 Å². The fourth-order valence-electron chi connectivity index (χ4n) is 1.21. The van der Waals surface area contributed by atoms with Crippen molar-refractivity contribution in [2.45, 2.75) is 39.2 Å². The van der Waals surface area contributed by atoms with Crippen LogP contribution in [0.25, 0.3) is 0 Å². The molecule has 0 radical (unpaired) electrons. The van der Waals surface area contributed by atoms with Gasteiger partial charge in [-0.1, -0.05) is 20.3 Å². The number of amides is 2. The monoisotopic (exact) mass is 215 g/mol. The molecule has 2 amide bonds. The minimum Gasteiger partial charge on any atom is -0.368 e. The molecule has 1 unspecified atom stereocenters. The van der Waals surface area contributed by atoms with Crippen molar-refractivity contribution in [3.63, 3.8) is 0 Å². The lowest BCUT2D eigenvalue weighted by Gasteiger charge is -2.23. The Bertz CT molecular complexity index is 219. The third-order valence-electron chi connectivity index (χ3n) is 2.20. The number of hydrogen-bond acceptors (Lipinski definition) is 3. The Kier molecular flexibility index (Phi) is 6.70. The molecule has 5 heteroatoms. The van der Waals surface area contributed by atoms with E-state index in [1.165, 1.54) is 4.90 Å². The highest BCUT2D eigenvalue weighted by atomic mass is 16.2. The number of carbonyl (C=O) groups is 2. The summed E-state index contributed by atoms with van der Waals surface area (Å²) in [6, 6.07) is -0.527. The predicted molar refractivity (Wildman–Crippen MR) is 58.9 cm³/mol. The van der Waals surface area contributed by atoms with Gasteiger partial charge in [0, 0.05) is 6.54 Å². The number of primary amides is 1. The van der Waals surface area contributed by atoms with Crippen LogP contribution in [0.2, 0.25) is 0 Å². The van der Waals surface area contributed by atoms with E-state index in [0.29, 0.717) is 13.0 Å². The molecule has 0 aromatic rings. The van der Waals surface area contributed by atoms with E-state index in [-0.39, 0.29) is 12.5 Å². The van der Waals surface area contributed by atoms with Gasteiger partial charge in [-0.15, -0.1) is 0 Å². The largest absolute Gasteiger partial charge is 0.368 e. The van der Waals surface area contributed by atoms with Gasteiger partial charge < -0.3 is 16.4 Å². The number of unbranched alkanes of at least 4 members (excludes halogenated alkanes) is 1. The quantitative estimate of drug-likeness (QED) is 0.618. The summed E-state index contributed by atoms with van der Waals surface area (Å²) in [5, 5.41) is 0. The van der Waals surface area contributed by atoms with Crippen LogP contribution < -0.4 is 11.5 Å². The van der Waals surface area contributed by atoms with Crippen LogP contribution in [-0.4, -0.2) is 35.8 Å². The molecule has 0 aliphatic carbocycles. The normalized spacial score (nSPS) is 12.2. The average Bonchev–Trinajstić information content (AvgIpc) is 2.21.